The van der Waals surface area contributed by atoms with E-state index in [1.54, 1.807) is 6.07 Å². The topological polar surface area (TPSA) is 37.3 Å². The number of aliphatic hydroxyl groups is 1. The first kappa shape index (κ1) is 13.7. The normalized spacial score (nSPS) is 18.6. The highest BCUT2D eigenvalue weighted by atomic mass is 79.9. The lowest BCUT2D eigenvalue weighted by Gasteiger charge is -2.30. The van der Waals surface area contributed by atoms with Crippen molar-refractivity contribution in [3.8, 4) is 0 Å². The van der Waals surface area contributed by atoms with Gasteiger partial charge in [-0.05, 0) is 36.6 Å². The van der Waals surface area contributed by atoms with Crippen molar-refractivity contribution in [1.82, 2.24) is 0 Å². The number of ketones is 1. The molecule has 98 valence electrons. The summed E-state index contributed by atoms with van der Waals surface area (Å²) in [6.07, 6.45) is 3.99. The van der Waals surface area contributed by atoms with Crippen molar-refractivity contribution in [1.29, 1.82) is 0 Å². The van der Waals surface area contributed by atoms with Crippen LogP contribution < -0.4 is 0 Å². The maximum absolute atomic E-state index is 13.2. The lowest BCUT2D eigenvalue weighted by molar-refractivity contribution is -0.139. The molecule has 1 aliphatic carbocycles. The van der Waals surface area contributed by atoms with Crippen LogP contribution >= 0.6 is 15.9 Å². The number of carbonyl (C=O) groups is 1. The molecule has 0 aromatic heterocycles. The fourth-order valence-corrected chi connectivity index (χ4v) is 2.99. The molecular weight excluding hydrogens is 299 g/mol. The Bertz CT molecular complexity index is 433. The molecule has 1 fully saturated rings. The molecule has 0 aliphatic heterocycles. The summed E-state index contributed by atoms with van der Waals surface area (Å²) < 4.78 is 13.8. The second-order valence-corrected chi connectivity index (χ2v) is 5.89. The Morgan fingerprint density at radius 3 is 2.56 bits per heavy atom. The minimum absolute atomic E-state index is 0.0901. The monoisotopic (exact) mass is 314 g/mol. The summed E-state index contributed by atoms with van der Waals surface area (Å²) in [4.78, 5) is 12.1. The van der Waals surface area contributed by atoms with Gasteiger partial charge in [-0.2, -0.15) is 0 Å². The highest BCUT2D eigenvalue weighted by molar-refractivity contribution is 9.10. The van der Waals surface area contributed by atoms with Gasteiger partial charge >= 0.3 is 0 Å². The predicted octanol–water partition coefficient (Wildman–Crippen LogP) is 3.40. The molecule has 2 nitrogen and oxygen atoms in total. The van der Waals surface area contributed by atoms with Gasteiger partial charge in [0, 0.05) is 10.9 Å². The van der Waals surface area contributed by atoms with Crippen LogP contribution in [-0.2, 0) is 11.2 Å². The van der Waals surface area contributed by atoms with Crippen molar-refractivity contribution in [3.05, 3.63) is 34.1 Å². The molecule has 0 saturated heterocycles. The molecule has 1 aromatic rings. The van der Waals surface area contributed by atoms with E-state index in [4.69, 9.17) is 0 Å². The van der Waals surface area contributed by atoms with Crippen molar-refractivity contribution >= 4 is 21.7 Å². The molecule has 0 spiro atoms. The number of halogens is 2. The number of benzene rings is 1. The maximum atomic E-state index is 13.2. The molecule has 0 unspecified atom stereocenters. The second kappa shape index (κ2) is 5.49. The lowest BCUT2D eigenvalue weighted by Crippen LogP contribution is -2.41. The maximum Gasteiger partial charge on any atom is 0.168 e. The zero-order valence-corrected chi connectivity index (χ0v) is 11.7. The van der Waals surface area contributed by atoms with E-state index in [9.17, 15) is 14.3 Å². The molecule has 1 aliphatic rings. The molecule has 1 saturated carbocycles. The highest BCUT2D eigenvalue weighted by Crippen LogP contribution is 2.30. The summed E-state index contributed by atoms with van der Waals surface area (Å²) in [5.41, 5.74) is -0.595. The first-order chi connectivity index (χ1) is 8.49. The van der Waals surface area contributed by atoms with Gasteiger partial charge in [0.05, 0.1) is 0 Å². The zero-order chi connectivity index (χ0) is 13.2. The quantitative estimate of drug-likeness (QED) is 0.928. The van der Waals surface area contributed by atoms with Crippen LogP contribution in [0.25, 0.3) is 0 Å². The lowest BCUT2D eigenvalue weighted by atomic mass is 9.80. The van der Waals surface area contributed by atoms with Crippen LogP contribution in [0.4, 0.5) is 4.39 Å². The van der Waals surface area contributed by atoms with Crippen LogP contribution in [-0.4, -0.2) is 16.5 Å². The summed E-state index contributed by atoms with van der Waals surface area (Å²) in [6.45, 7) is 0. The fraction of sp³-hybridized carbons (Fsp3) is 0.500. The molecule has 0 atom stereocenters. The highest BCUT2D eigenvalue weighted by Gasteiger charge is 2.36. The fourth-order valence-electron chi connectivity index (χ4n) is 2.48. The van der Waals surface area contributed by atoms with Gasteiger partial charge in [-0.15, -0.1) is 0 Å². The first-order valence-electron chi connectivity index (χ1n) is 6.20. The van der Waals surface area contributed by atoms with Crippen LogP contribution in [0.3, 0.4) is 0 Å². The number of hydrogen-bond acceptors (Lipinski definition) is 2. The average molecular weight is 315 g/mol. The third-order valence-corrected chi connectivity index (χ3v) is 3.94. The van der Waals surface area contributed by atoms with E-state index in [0.717, 1.165) is 19.3 Å². The molecular formula is C14H16BrFO2. The van der Waals surface area contributed by atoms with Gasteiger partial charge in [-0.1, -0.05) is 35.2 Å². The van der Waals surface area contributed by atoms with Crippen LogP contribution in [0.2, 0.25) is 0 Å². The number of hydrogen-bond donors (Lipinski definition) is 1. The van der Waals surface area contributed by atoms with Crippen molar-refractivity contribution in [2.45, 2.75) is 44.1 Å². The minimum atomic E-state index is -1.20. The molecule has 0 heterocycles. The van der Waals surface area contributed by atoms with E-state index >= 15 is 0 Å². The Morgan fingerprint density at radius 1 is 1.28 bits per heavy atom. The molecule has 18 heavy (non-hydrogen) atoms. The van der Waals surface area contributed by atoms with Crippen LogP contribution in [0, 0.1) is 5.82 Å². The Hall–Kier alpha value is -0.740. The summed E-state index contributed by atoms with van der Waals surface area (Å²) in [7, 11) is 0. The number of Topliss-reactive ketones (excluding diaryl/α,β-unsaturated/α-hetero) is 1. The van der Waals surface area contributed by atoms with Crippen LogP contribution in [0.1, 0.15) is 37.7 Å². The third kappa shape index (κ3) is 3.18. The second-order valence-electron chi connectivity index (χ2n) is 4.97. The smallest absolute Gasteiger partial charge is 0.168 e. The zero-order valence-electron chi connectivity index (χ0n) is 10.1. The van der Waals surface area contributed by atoms with Crippen LogP contribution in [0.15, 0.2) is 22.7 Å². The van der Waals surface area contributed by atoms with Gasteiger partial charge < -0.3 is 5.11 Å². The van der Waals surface area contributed by atoms with E-state index in [2.05, 4.69) is 15.9 Å². The van der Waals surface area contributed by atoms with E-state index in [-0.39, 0.29) is 18.0 Å². The van der Waals surface area contributed by atoms with Gasteiger partial charge in [0.15, 0.2) is 5.78 Å². The number of carbonyl (C=O) groups excluding carboxylic acids is 1. The summed E-state index contributed by atoms with van der Waals surface area (Å²) in [5.74, 6) is -0.567. The SMILES string of the molecule is O=C(Cc1cc(F)cc(Br)c1)C1(O)CCCCC1. The van der Waals surface area contributed by atoms with E-state index in [1.807, 2.05) is 0 Å². The molecule has 1 N–H and O–H groups in total. The largest absolute Gasteiger partial charge is 0.382 e. The first-order valence-corrected chi connectivity index (χ1v) is 6.99. The molecule has 4 heteroatoms. The molecule has 0 bridgehead atoms. The van der Waals surface area contributed by atoms with E-state index in [0.29, 0.717) is 22.9 Å². The van der Waals surface area contributed by atoms with Crippen molar-refractivity contribution < 1.29 is 14.3 Å². The Labute approximate surface area is 114 Å². The Morgan fingerprint density at radius 2 is 1.94 bits per heavy atom. The average Bonchev–Trinajstić information content (AvgIpc) is 2.28. The van der Waals surface area contributed by atoms with Gasteiger partial charge in [-0.25, -0.2) is 4.39 Å². The van der Waals surface area contributed by atoms with Gasteiger partial charge in [0.1, 0.15) is 11.4 Å². The summed E-state index contributed by atoms with van der Waals surface area (Å²) >= 11 is 3.20. The van der Waals surface area contributed by atoms with Gasteiger partial charge in [0.2, 0.25) is 0 Å². The van der Waals surface area contributed by atoms with Crippen molar-refractivity contribution in [3.63, 3.8) is 0 Å². The van der Waals surface area contributed by atoms with Crippen molar-refractivity contribution in [2.75, 3.05) is 0 Å². The summed E-state index contributed by atoms with van der Waals surface area (Å²) in [6, 6.07) is 4.41. The number of rotatable bonds is 3. The van der Waals surface area contributed by atoms with Crippen LogP contribution in [0.5, 0.6) is 0 Å². The minimum Gasteiger partial charge on any atom is -0.382 e. The molecule has 2 rings (SSSR count). The molecule has 1 aromatic carbocycles. The molecule has 0 radical (unpaired) electrons. The van der Waals surface area contributed by atoms with Gasteiger partial charge in [0.25, 0.3) is 0 Å². The summed E-state index contributed by atoms with van der Waals surface area (Å²) in [5, 5.41) is 10.3. The Kier molecular flexibility index (Phi) is 4.17. The third-order valence-electron chi connectivity index (χ3n) is 3.49. The van der Waals surface area contributed by atoms with E-state index < -0.39 is 5.60 Å². The van der Waals surface area contributed by atoms with E-state index in [1.165, 1.54) is 12.1 Å². The Balaban J connectivity index is 2.10. The predicted molar refractivity (Wildman–Crippen MR) is 70.8 cm³/mol. The van der Waals surface area contributed by atoms with Crippen molar-refractivity contribution in [2.24, 2.45) is 0 Å². The van der Waals surface area contributed by atoms with Gasteiger partial charge in [-0.3, -0.25) is 4.79 Å². The molecule has 0 amide bonds. The standard InChI is InChI=1S/C14H16BrFO2/c15-11-6-10(7-12(16)9-11)8-13(17)14(18)4-2-1-3-5-14/h6-7,9,18H,1-5,8H2.